The molecule has 0 saturated heterocycles. The second-order valence-corrected chi connectivity index (χ2v) is 8.53. The molecular weight excluding hydrogens is 396 g/mol. The number of nitrogens with one attached hydrogen (secondary N) is 3. The maximum Gasteiger partial charge on any atom is 0.253 e. The van der Waals surface area contributed by atoms with Gasteiger partial charge >= 0.3 is 0 Å². The lowest BCUT2D eigenvalue weighted by Crippen LogP contribution is -3.05. The number of fused-ring (bicyclic) bond motifs is 1. The van der Waals surface area contributed by atoms with Gasteiger partial charge in [0.15, 0.2) is 5.11 Å². The first-order chi connectivity index (χ1) is 14.3. The zero-order valence-corrected chi connectivity index (χ0v) is 19.0. The fourth-order valence-electron chi connectivity index (χ4n) is 3.59. The molecule has 0 aliphatic rings. The molecule has 0 unspecified atom stereocenters. The van der Waals surface area contributed by atoms with Crippen LogP contribution >= 0.6 is 12.2 Å². The number of aromatic amines is 1. The van der Waals surface area contributed by atoms with Gasteiger partial charge in [-0.25, -0.2) is 0 Å². The minimum Gasteiger partial charge on any atom is -0.467 e. The number of hydrogen-bond acceptors (Lipinski definition) is 3. The van der Waals surface area contributed by atoms with E-state index >= 15 is 0 Å². The summed E-state index contributed by atoms with van der Waals surface area (Å²) in [4.78, 5) is 19.2. The number of pyridine rings is 1. The van der Waals surface area contributed by atoms with Crippen LogP contribution in [0.15, 0.2) is 45.8 Å². The fourth-order valence-corrected chi connectivity index (χ4v) is 3.83. The van der Waals surface area contributed by atoms with Gasteiger partial charge in [0.25, 0.3) is 5.56 Å². The van der Waals surface area contributed by atoms with Crippen LogP contribution in [0, 0.1) is 13.8 Å². The minimum absolute atomic E-state index is 0.0853. The van der Waals surface area contributed by atoms with E-state index in [2.05, 4.69) is 43.5 Å². The second kappa shape index (κ2) is 9.91. The summed E-state index contributed by atoms with van der Waals surface area (Å²) < 4.78 is 5.52. The Morgan fingerprint density at radius 1 is 1.23 bits per heavy atom. The Bertz CT molecular complexity index is 1060. The molecule has 0 amide bonds. The van der Waals surface area contributed by atoms with E-state index in [9.17, 15) is 4.79 Å². The Labute approximate surface area is 182 Å². The van der Waals surface area contributed by atoms with Gasteiger partial charge in [0.1, 0.15) is 5.76 Å². The second-order valence-electron chi connectivity index (χ2n) is 8.15. The highest BCUT2D eigenvalue weighted by atomic mass is 32.1. The molecule has 0 saturated carbocycles. The molecule has 0 bridgehead atoms. The van der Waals surface area contributed by atoms with Crippen LogP contribution in [-0.2, 0) is 13.1 Å². The highest BCUT2D eigenvalue weighted by Crippen LogP contribution is 2.19. The lowest BCUT2D eigenvalue weighted by atomic mass is 10.1. The molecule has 0 fully saturated rings. The molecule has 6 nitrogen and oxygen atoms in total. The van der Waals surface area contributed by atoms with E-state index in [4.69, 9.17) is 16.6 Å². The van der Waals surface area contributed by atoms with Crippen LogP contribution in [0.5, 0.6) is 0 Å². The van der Waals surface area contributed by atoms with E-state index in [1.807, 2.05) is 30.0 Å². The smallest absolute Gasteiger partial charge is 0.253 e. The summed E-state index contributed by atoms with van der Waals surface area (Å²) in [5, 5.41) is 5.00. The molecule has 7 heteroatoms. The summed E-state index contributed by atoms with van der Waals surface area (Å²) in [6.45, 7) is 6.85. The number of H-pyrrole nitrogens is 1. The number of aromatic nitrogens is 1. The average Bonchev–Trinajstić information content (AvgIpc) is 3.18. The van der Waals surface area contributed by atoms with Crippen LogP contribution in [0.1, 0.15) is 28.9 Å². The van der Waals surface area contributed by atoms with Crippen LogP contribution in [0.25, 0.3) is 10.9 Å². The fraction of sp³-hybridized carbons (Fsp3) is 0.391. The van der Waals surface area contributed by atoms with E-state index in [0.717, 1.165) is 41.7 Å². The normalized spacial score (nSPS) is 11.2. The Hall–Kier alpha value is -2.64. The number of thiocarbonyl (C=S) groups is 1. The first-order valence-electron chi connectivity index (χ1n) is 10.3. The molecule has 3 aromatic rings. The topological polar surface area (TPSA) is 65.7 Å². The third-order valence-corrected chi connectivity index (χ3v) is 5.48. The SMILES string of the molecule is Cc1cc(C)c2[nH]c(=O)c(CN(Cc3ccco3)C(=S)NCCC[NH+](C)C)cc2c1. The lowest BCUT2D eigenvalue weighted by Gasteiger charge is -2.25. The lowest BCUT2D eigenvalue weighted by molar-refractivity contribution is -0.858. The number of rotatable bonds is 8. The van der Waals surface area contributed by atoms with Gasteiger partial charge in [0, 0.05) is 18.5 Å². The summed E-state index contributed by atoms with van der Waals surface area (Å²) in [6, 6.07) is 9.93. The molecule has 2 heterocycles. The monoisotopic (exact) mass is 427 g/mol. The van der Waals surface area contributed by atoms with Crippen molar-refractivity contribution in [3.8, 4) is 0 Å². The van der Waals surface area contributed by atoms with Gasteiger partial charge in [0.2, 0.25) is 0 Å². The third-order valence-electron chi connectivity index (χ3n) is 5.08. The molecular formula is C23H31N4O2S+. The molecule has 3 N–H and O–H groups in total. The maximum absolute atomic E-state index is 12.8. The number of quaternary nitrogens is 1. The Kier molecular flexibility index (Phi) is 7.29. The summed E-state index contributed by atoms with van der Waals surface area (Å²) in [5.41, 5.74) is 3.73. The molecule has 160 valence electrons. The third kappa shape index (κ3) is 5.70. The highest BCUT2D eigenvalue weighted by Gasteiger charge is 2.15. The van der Waals surface area contributed by atoms with E-state index in [1.54, 1.807) is 6.26 Å². The van der Waals surface area contributed by atoms with Gasteiger partial charge in [-0.05, 0) is 61.3 Å². The first kappa shape index (κ1) is 22.1. The van der Waals surface area contributed by atoms with Crippen LogP contribution in [0.4, 0.5) is 0 Å². The van der Waals surface area contributed by atoms with Crippen molar-refractivity contribution in [2.45, 2.75) is 33.4 Å². The zero-order valence-electron chi connectivity index (χ0n) is 18.2. The largest absolute Gasteiger partial charge is 0.467 e. The van der Waals surface area contributed by atoms with E-state index in [-0.39, 0.29) is 5.56 Å². The molecule has 0 radical (unpaired) electrons. The quantitative estimate of drug-likeness (QED) is 0.380. The molecule has 1 aromatic carbocycles. The van der Waals surface area contributed by atoms with Gasteiger partial charge in [-0.15, -0.1) is 0 Å². The van der Waals surface area contributed by atoms with Crippen molar-refractivity contribution in [1.29, 1.82) is 0 Å². The number of hydrogen-bond donors (Lipinski definition) is 3. The van der Waals surface area contributed by atoms with Crippen LogP contribution in [-0.4, -0.2) is 42.2 Å². The maximum atomic E-state index is 12.8. The van der Waals surface area contributed by atoms with Crippen molar-refractivity contribution in [2.75, 3.05) is 27.2 Å². The summed E-state index contributed by atoms with van der Waals surface area (Å²) in [7, 11) is 4.27. The summed E-state index contributed by atoms with van der Waals surface area (Å²) >= 11 is 5.66. The predicted molar refractivity (Wildman–Crippen MR) is 125 cm³/mol. The molecule has 0 aliphatic carbocycles. The van der Waals surface area contributed by atoms with Crippen molar-refractivity contribution < 1.29 is 9.32 Å². The molecule has 0 atom stereocenters. The average molecular weight is 428 g/mol. The molecule has 0 aliphatic heterocycles. The number of nitrogens with zero attached hydrogens (tertiary/aromatic N) is 1. The Morgan fingerprint density at radius 2 is 2.03 bits per heavy atom. The van der Waals surface area contributed by atoms with Gasteiger partial charge in [-0.1, -0.05) is 11.6 Å². The number of benzene rings is 1. The van der Waals surface area contributed by atoms with Gasteiger partial charge in [-0.3, -0.25) is 4.79 Å². The Balaban J connectivity index is 1.82. The first-order valence-corrected chi connectivity index (χ1v) is 10.7. The summed E-state index contributed by atoms with van der Waals surface area (Å²) in [6.07, 6.45) is 2.67. The Morgan fingerprint density at radius 3 is 2.73 bits per heavy atom. The minimum atomic E-state index is -0.0853. The van der Waals surface area contributed by atoms with Crippen molar-refractivity contribution >= 4 is 28.2 Å². The van der Waals surface area contributed by atoms with Crippen LogP contribution in [0.3, 0.4) is 0 Å². The van der Waals surface area contributed by atoms with Gasteiger partial charge in [0.05, 0.1) is 45.5 Å². The van der Waals surface area contributed by atoms with Crippen LogP contribution in [0.2, 0.25) is 0 Å². The summed E-state index contributed by atoms with van der Waals surface area (Å²) in [5.74, 6) is 0.806. The number of aryl methyl sites for hydroxylation is 2. The molecule has 30 heavy (non-hydrogen) atoms. The van der Waals surface area contributed by atoms with E-state index < -0.39 is 0 Å². The van der Waals surface area contributed by atoms with Crippen molar-refractivity contribution in [2.24, 2.45) is 0 Å². The van der Waals surface area contributed by atoms with Crippen molar-refractivity contribution in [3.63, 3.8) is 0 Å². The number of furan rings is 1. The van der Waals surface area contributed by atoms with E-state index in [0.29, 0.717) is 23.8 Å². The predicted octanol–water partition coefficient (Wildman–Crippen LogP) is 2.15. The van der Waals surface area contributed by atoms with Gasteiger partial charge in [-0.2, -0.15) is 0 Å². The zero-order chi connectivity index (χ0) is 21.7. The molecule has 2 aromatic heterocycles. The van der Waals surface area contributed by atoms with Crippen LogP contribution < -0.4 is 15.8 Å². The highest BCUT2D eigenvalue weighted by molar-refractivity contribution is 7.80. The van der Waals surface area contributed by atoms with Gasteiger partial charge < -0.3 is 24.5 Å². The standard InChI is InChI=1S/C23H30N4O2S/c1-16-11-17(2)21-18(12-16)13-19(22(28)25-21)14-27(15-20-7-5-10-29-20)23(30)24-8-6-9-26(3)4/h5,7,10-13H,6,8-9,14-15H2,1-4H3,(H,24,30)(H,25,28)/p+1. The molecule has 0 spiro atoms. The molecule has 3 rings (SSSR count). The van der Waals surface area contributed by atoms with Crippen molar-refractivity contribution in [3.05, 3.63) is 69.4 Å². The van der Waals surface area contributed by atoms with E-state index in [1.165, 1.54) is 10.5 Å². The van der Waals surface area contributed by atoms with Crippen molar-refractivity contribution in [1.82, 2.24) is 15.2 Å².